The number of carbonyl (C=O) groups is 1. The Morgan fingerprint density at radius 3 is 2.71 bits per heavy atom. The standard InChI is InChI=1S/C13H16FNO2/c14-6-12-7-15(8-12)13(16)10-17-9-11-4-2-1-3-5-11/h1-5,12H,6-10H2. The molecule has 1 saturated heterocycles. The molecule has 3 nitrogen and oxygen atoms in total. The van der Waals surface area contributed by atoms with Crippen LogP contribution in [0.3, 0.4) is 0 Å². The average Bonchev–Trinajstić information content (AvgIpc) is 2.29. The fraction of sp³-hybridized carbons (Fsp3) is 0.462. The van der Waals surface area contributed by atoms with E-state index in [1.54, 1.807) is 4.90 Å². The molecule has 0 spiro atoms. The second kappa shape index (κ2) is 5.77. The molecule has 2 rings (SSSR count). The van der Waals surface area contributed by atoms with Gasteiger partial charge in [0.05, 0.1) is 13.3 Å². The molecule has 0 aromatic heterocycles. The van der Waals surface area contributed by atoms with Gasteiger partial charge in [-0.2, -0.15) is 0 Å². The van der Waals surface area contributed by atoms with Crippen LogP contribution in [0.5, 0.6) is 0 Å². The molecule has 1 aromatic rings. The van der Waals surface area contributed by atoms with Crippen molar-refractivity contribution in [2.45, 2.75) is 6.61 Å². The molecule has 1 aliphatic heterocycles. The fourth-order valence-corrected chi connectivity index (χ4v) is 1.79. The van der Waals surface area contributed by atoms with Crippen LogP contribution >= 0.6 is 0 Å². The van der Waals surface area contributed by atoms with Crippen LogP contribution in [-0.2, 0) is 16.1 Å². The van der Waals surface area contributed by atoms with Gasteiger partial charge in [-0.05, 0) is 5.56 Å². The van der Waals surface area contributed by atoms with E-state index in [0.29, 0.717) is 19.7 Å². The molecule has 1 aliphatic rings. The van der Waals surface area contributed by atoms with Gasteiger partial charge in [-0.15, -0.1) is 0 Å². The lowest BCUT2D eigenvalue weighted by molar-refractivity contribution is -0.143. The third-order valence-electron chi connectivity index (χ3n) is 2.87. The highest BCUT2D eigenvalue weighted by Gasteiger charge is 2.30. The lowest BCUT2D eigenvalue weighted by Gasteiger charge is -2.37. The zero-order valence-electron chi connectivity index (χ0n) is 9.64. The van der Waals surface area contributed by atoms with Crippen LogP contribution in [0.2, 0.25) is 0 Å². The van der Waals surface area contributed by atoms with Crippen molar-refractivity contribution in [2.75, 3.05) is 26.4 Å². The normalized spacial score (nSPS) is 15.7. The van der Waals surface area contributed by atoms with E-state index in [2.05, 4.69) is 0 Å². The molecule has 0 N–H and O–H groups in total. The Labute approximate surface area is 100 Å². The predicted octanol–water partition coefficient (Wildman–Crippen LogP) is 1.63. The number of nitrogens with zero attached hydrogens (tertiary/aromatic N) is 1. The second-order valence-corrected chi connectivity index (χ2v) is 4.30. The zero-order chi connectivity index (χ0) is 12.1. The summed E-state index contributed by atoms with van der Waals surface area (Å²) in [5.41, 5.74) is 1.05. The van der Waals surface area contributed by atoms with Crippen LogP contribution in [0.4, 0.5) is 4.39 Å². The molecular formula is C13H16FNO2. The van der Waals surface area contributed by atoms with Crippen molar-refractivity contribution >= 4 is 5.91 Å². The van der Waals surface area contributed by atoms with Crippen molar-refractivity contribution in [1.82, 2.24) is 4.90 Å². The summed E-state index contributed by atoms with van der Waals surface area (Å²) in [6, 6.07) is 9.70. The Bertz CT molecular complexity index is 363. The summed E-state index contributed by atoms with van der Waals surface area (Å²) >= 11 is 0. The highest BCUT2D eigenvalue weighted by molar-refractivity contribution is 5.78. The van der Waals surface area contributed by atoms with Gasteiger partial charge >= 0.3 is 0 Å². The molecule has 0 radical (unpaired) electrons. The van der Waals surface area contributed by atoms with Gasteiger partial charge < -0.3 is 9.64 Å². The number of halogens is 1. The zero-order valence-corrected chi connectivity index (χ0v) is 9.64. The number of hydrogen-bond acceptors (Lipinski definition) is 2. The van der Waals surface area contributed by atoms with E-state index in [9.17, 15) is 9.18 Å². The van der Waals surface area contributed by atoms with Gasteiger partial charge in [-0.1, -0.05) is 30.3 Å². The number of rotatable bonds is 5. The quantitative estimate of drug-likeness (QED) is 0.779. The van der Waals surface area contributed by atoms with Crippen molar-refractivity contribution in [3.63, 3.8) is 0 Å². The molecule has 0 bridgehead atoms. The van der Waals surface area contributed by atoms with Crippen molar-refractivity contribution in [3.8, 4) is 0 Å². The van der Waals surface area contributed by atoms with E-state index in [1.807, 2.05) is 30.3 Å². The van der Waals surface area contributed by atoms with E-state index >= 15 is 0 Å². The molecule has 0 unspecified atom stereocenters. The summed E-state index contributed by atoms with van der Waals surface area (Å²) in [5.74, 6) is -0.0151. The summed E-state index contributed by atoms with van der Waals surface area (Å²) < 4.78 is 17.5. The number of likely N-dealkylation sites (tertiary alicyclic amines) is 1. The third-order valence-corrected chi connectivity index (χ3v) is 2.87. The van der Waals surface area contributed by atoms with Crippen LogP contribution in [0.1, 0.15) is 5.56 Å². The van der Waals surface area contributed by atoms with Gasteiger partial charge in [0.25, 0.3) is 0 Å². The first-order valence-electron chi connectivity index (χ1n) is 5.75. The van der Waals surface area contributed by atoms with Gasteiger partial charge in [-0.3, -0.25) is 9.18 Å². The minimum atomic E-state index is -0.339. The molecule has 92 valence electrons. The molecular weight excluding hydrogens is 221 g/mol. The van der Waals surface area contributed by atoms with Gasteiger partial charge in [0.1, 0.15) is 6.61 Å². The van der Waals surface area contributed by atoms with Gasteiger partial charge in [0, 0.05) is 19.0 Å². The highest BCUT2D eigenvalue weighted by Crippen LogP contribution is 2.15. The minimum Gasteiger partial charge on any atom is -0.367 e. The first-order chi connectivity index (χ1) is 8.29. The highest BCUT2D eigenvalue weighted by atomic mass is 19.1. The van der Waals surface area contributed by atoms with Crippen LogP contribution in [0.15, 0.2) is 30.3 Å². The van der Waals surface area contributed by atoms with Crippen molar-refractivity contribution in [3.05, 3.63) is 35.9 Å². The molecule has 1 fully saturated rings. The van der Waals surface area contributed by atoms with Gasteiger partial charge in [0.15, 0.2) is 0 Å². The number of amides is 1. The van der Waals surface area contributed by atoms with Crippen molar-refractivity contribution in [1.29, 1.82) is 0 Å². The van der Waals surface area contributed by atoms with E-state index in [4.69, 9.17) is 4.74 Å². The van der Waals surface area contributed by atoms with Crippen molar-refractivity contribution in [2.24, 2.45) is 5.92 Å². The van der Waals surface area contributed by atoms with Crippen LogP contribution in [0.25, 0.3) is 0 Å². The van der Waals surface area contributed by atoms with E-state index in [1.165, 1.54) is 0 Å². The lowest BCUT2D eigenvalue weighted by Crippen LogP contribution is -2.52. The summed E-state index contributed by atoms with van der Waals surface area (Å²) in [6.45, 7) is 1.24. The largest absolute Gasteiger partial charge is 0.367 e. The Hall–Kier alpha value is -1.42. The van der Waals surface area contributed by atoms with E-state index in [0.717, 1.165) is 5.56 Å². The molecule has 1 heterocycles. The molecule has 0 atom stereocenters. The first kappa shape index (κ1) is 12.0. The molecule has 4 heteroatoms. The summed E-state index contributed by atoms with van der Waals surface area (Å²) in [6.07, 6.45) is 0. The number of ether oxygens (including phenoxy) is 1. The Morgan fingerprint density at radius 1 is 1.35 bits per heavy atom. The summed E-state index contributed by atoms with van der Waals surface area (Å²) in [7, 11) is 0. The third kappa shape index (κ3) is 3.27. The monoisotopic (exact) mass is 237 g/mol. The molecule has 17 heavy (non-hydrogen) atoms. The molecule has 0 aliphatic carbocycles. The summed E-state index contributed by atoms with van der Waals surface area (Å²) in [5, 5.41) is 0. The smallest absolute Gasteiger partial charge is 0.248 e. The molecule has 1 amide bonds. The van der Waals surface area contributed by atoms with Crippen LogP contribution in [-0.4, -0.2) is 37.2 Å². The number of carbonyl (C=O) groups excluding carboxylic acids is 1. The lowest BCUT2D eigenvalue weighted by atomic mass is 10.0. The Morgan fingerprint density at radius 2 is 2.06 bits per heavy atom. The van der Waals surface area contributed by atoms with E-state index in [-0.39, 0.29) is 25.1 Å². The fourth-order valence-electron chi connectivity index (χ4n) is 1.79. The Kier molecular flexibility index (Phi) is 4.09. The molecule has 1 aromatic carbocycles. The van der Waals surface area contributed by atoms with Gasteiger partial charge in [0.2, 0.25) is 5.91 Å². The maximum absolute atomic E-state index is 12.2. The first-order valence-corrected chi connectivity index (χ1v) is 5.75. The SMILES string of the molecule is O=C(COCc1ccccc1)N1CC(CF)C1. The average molecular weight is 237 g/mol. The minimum absolute atomic E-state index is 0.0353. The predicted molar refractivity (Wildman–Crippen MR) is 62.1 cm³/mol. The number of hydrogen-bond donors (Lipinski definition) is 0. The van der Waals surface area contributed by atoms with Crippen LogP contribution < -0.4 is 0 Å². The number of alkyl halides is 1. The maximum atomic E-state index is 12.2. The van der Waals surface area contributed by atoms with Crippen LogP contribution in [0, 0.1) is 5.92 Å². The summed E-state index contributed by atoms with van der Waals surface area (Å²) in [4.78, 5) is 13.2. The Balaban J connectivity index is 1.64. The topological polar surface area (TPSA) is 29.5 Å². The van der Waals surface area contributed by atoms with E-state index < -0.39 is 0 Å². The maximum Gasteiger partial charge on any atom is 0.248 e. The second-order valence-electron chi connectivity index (χ2n) is 4.30. The number of benzene rings is 1. The van der Waals surface area contributed by atoms with Crippen molar-refractivity contribution < 1.29 is 13.9 Å². The van der Waals surface area contributed by atoms with Gasteiger partial charge in [-0.25, -0.2) is 0 Å². The molecule has 0 saturated carbocycles.